The maximum Gasteiger partial charge on any atom is 0.186 e. The zero-order valence-electron chi connectivity index (χ0n) is 14.3. The molecule has 0 radical (unpaired) electrons. The van der Waals surface area contributed by atoms with E-state index in [-0.39, 0.29) is 11.0 Å². The Hall–Kier alpha value is -1.43. The maximum atomic E-state index is 12.7. The van der Waals surface area contributed by atoms with E-state index in [0.29, 0.717) is 0 Å². The van der Waals surface area contributed by atoms with Gasteiger partial charge in [-0.2, -0.15) is 11.3 Å². The van der Waals surface area contributed by atoms with Crippen molar-refractivity contribution < 1.29 is 0 Å². The van der Waals surface area contributed by atoms with Gasteiger partial charge in [-0.25, -0.2) is 0 Å². The molecule has 0 unspecified atom stereocenters. The Morgan fingerprint density at radius 2 is 2.17 bits per heavy atom. The predicted molar refractivity (Wildman–Crippen MR) is 99.5 cm³/mol. The first-order valence-corrected chi connectivity index (χ1v) is 9.80. The van der Waals surface area contributed by atoms with Crippen LogP contribution in [-0.4, -0.2) is 34.6 Å². The van der Waals surface area contributed by atoms with Gasteiger partial charge in [-0.15, -0.1) is 0 Å². The molecule has 4 rings (SSSR count). The van der Waals surface area contributed by atoms with E-state index in [1.807, 2.05) is 13.2 Å². The van der Waals surface area contributed by atoms with Gasteiger partial charge in [0.15, 0.2) is 5.43 Å². The summed E-state index contributed by atoms with van der Waals surface area (Å²) < 4.78 is 2.10. The molecular weight excluding hydrogens is 318 g/mol. The largest absolute Gasteiger partial charge is 0.350 e. The minimum atomic E-state index is 0.168. The highest BCUT2D eigenvalue weighted by molar-refractivity contribution is 7.08. The Kier molecular flexibility index (Phi) is 4.33. The zero-order chi connectivity index (χ0) is 16.6. The maximum absolute atomic E-state index is 12.7. The van der Waals surface area contributed by atoms with E-state index in [4.69, 9.17) is 0 Å². The lowest BCUT2D eigenvalue weighted by Gasteiger charge is -2.45. The van der Waals surface area contributed by atoms with Crippen molar-refractivity contribution in [3.63, 3.8) is 0 Å². The first-order chi connectivity index (χ1) is 11.7. The van der Waals surface area contributed by atoms with Crippen LogP contribution in [-0.2, 0) is 13.6 Å². The molecule has 0 amide bonds. The van der Waals surface area contributed by atoms with Crippen LogP contribution in [0.5, 0.6) is 0 Å². The normalized spacial score (nSPS) is 20.7. The minimum absolute atomic E-state index is 0.168. The Balaban J connectivity index is 1.62. The molecule has 0 aromatic carbocycles. The predicted octanol–water partition coefficient (Wildman–Crippen LogP) is 2.83. The number of rotatable bonds is 3. The molecule has 2 aliphatic rings. The average molecular weight is 343 g/mol. The molecule has 128 valence electrons. The molecule has 2 fully saturated rings. The Morgan fingerprint density at radius 3 is 2.92 bits per heavy atom. The SMILES string of the molecule is Cn1cc(CN2CCNCC23CCCC3)c(=O)cc1-c1ccsc1. The fourth-order valence-corrected chi connectivity index (χ4v) is 5.01. The first-order valence-electron chi connectivity index (χ1n) is 8.86. The Bertz CT molecular complexity index is 759. The van der Waals surface area contributed by atoms with Crippen molar-refractivity contribution in [1.82, 2.24) is 14.8 Å². The molecule has 24 heavy (non-hydrogen) atoms. The second-order valence-corrected chi connectivity index (χ2v) is 7.98. The summed E-state index contributed by atoms with van der Waals surface area (Å²) in [6, 6.07) is 3.88. The molecule has 0 atom stereocenters. The first kappa shape index (κ1) is 16.1. The minimum Gasteiger partial charge on any atom is -0.350 e. The lowest BCUT2D eigenvalue weighted by molar-refractivity contribution is 0.0568. The highest BCUT2D eigenvalue weighted by Gasteiger charge is 2.41. The summed E-state index contributed by atoms with van der Waals surface area (Å²) in [5.41, 5.74) is 3.49. The smallest absolute Gasteiger partial charge is 0.186 e. The van der Waals surface area contributed by atoms with Crippen LogP contribution in [0.4, 0.5) is 0 Å². The molecular formula is C19H25N3OS. The number of aromatic nitrogens is 1. The number of piperazine rings is 1. The van der Waals surface area contributed by atoms with Crippen LogP contribution >= 0.6 is 11.3 Å². The van der Waals surface area contributed by atoms with Gasteiger partial charge in [0.1, 0.15) is 0 Å². The lowest BCUT2D eigenvalue weighted by Crippen LogP contribution is -2.59. The van der Waals surface area contributed by atoms with Crippen molar-refractivity contribution in [2.45, 2.75) is 37.8 Å². The summed E-state index contributed by atoms with van der Waals surface area (Å²) in [5.74, 6) is 0. The van der Waals surface area contributed by atoms with Crippen molar-refractivity contribution >= 4 is 11.3 Å². The molecule has 4 nitrogen and oxygen atoms in total. The fourth-order valence-electron chi connectivity index (χ4n) is 4.36. The number of aryl methyl sites for hydroxylation is 1. The van der Waals surface area contributed by atoms with Crippen LogP contribution in [0.3, 0.4) is 0 Å². The third-order valence-electron chi connectivity index (χ3n) is 5.71. The number of hydrogen-bond donors (Lipinski definition) is 1. The average Bonchev–Trinajstić information content (AvgIpc) is 3.25. The molecule has 1 N–H and O–H groups in total. The van der Waals surface area contributed by atoms with Crippen LogP contribution in [0.2, 0.25) is 0 Å². The number of hydrogen-bond acceptors (Lipinski definition) is 4. The molecule has 3 heterocycles. The van der Waals surface area contributed by atoms with Gasteiger partial charge >= 0.3 is 0 Å². The fraction of sp³-hybridized carbons (Fsp3) is 0.526. The molecule has 1 saturated heterocycles. The summed E-state index contributed by atoms with van der Waals surface area (Å²) in [6.45, 7) is 3.91. The van der Waals surface area contributed by atoms with Crippen LogP contribution in [0, 0.1) is 0 Å². The van der Waals surface area contributed by atoms with Gasteiger partial charge in [0.25, 0.3) is 0 Å². The van der Waals surface area contributed by atoms with Gasteiger partial charge in [0.2, 0.25) is 0 Å². The summed E-state index contributed by atoms with van der Waals surface area (Å²) in [6.07, 6.45) is 7.18. The van der Waals surface area contributed by atoms with E-state index in [1.165, 1.54) is 25.7 Å². The number of thiophene rings is 1. The van der Waals surface area contributed by atoms with Gasteiger partial charge in [-0.3, -0.25) is 9.69 Å². The van der Waals surface area contributed by atoms with E-state index >= 15 is 0 Å². The van der Waals surface area contributed by atoms with E-state index < -0.39 is 0 Å². The summed E-state index contributed by atoms with van der Waals surface area (Å²) in [4.78, 5) is 15.3. The molecule has 1 aliphatic heterocycles. The topological polar surface area (TPSA) is 37.3 Å². The quantitative estimate of drug-likeness (QED) is 0.931. The second kappa shape index (κ2) is 6.47. The Labute approximate surface area is 147 Å². The summed E-state index contributed by atoms with van der Waals surface area (Å²) in [7, 11) is 2.04. The Morgan fingerprint density at radius 1 is 1.33 bits per heavy atom. The number of nitrogens with one attached hydrogen (secondary N) is 1. The van der Waals surface area contributed by atoms with Crippen LogP contribution in [0.15, 0.2) is 33.9 Å². The van der Waals surface area contributed by atoms with Crippen molar-refractivity contribution in [1.29, 1.82) is 0 Å². The van der Waals surface area contributed by atoms with Gasteiger partial charge < -0.3 is 9.88 Å². The third-order valence-corrected chi connectivity index (χ3v) is 6.39. The van der Waals surface area contributed by atoms with Crippen LogP contribution < -0.4 is 10.7 Å². The monoisotopic (exact) mass is 343 g/mol. The number of nitrogens with zero attached hydrogens (tertiary/aromatic N) is 2. The van der Waals surface area contributed by atoms with E-state index in [2.05, 4.69) is 31.6 Å². The van der Waals surface area contributed by atoms with Crippen LogP contribution in [0.25, 0.3) is 11.3 Å². The molecule has 1 spiro atoms. The molecule has 2 aromatic heterocycles. The van der Waals surface area contributed by atoms with Gasteiger partial charge in [0, 0.05) is 67.5 Å². The molecule has 0 bridgehead atoms. The highest BCUT2D eigenvalue weighted by Crippen LogP contribution is 2.36. The lowest BCUT2D eigenvalue weighted by atomic mass is 9.92. The standard InChI is InChI=1S/C19H25N3OS/c1-21-11-16(18(23)10-17(21)15-4-9-24-13-15)12-22-8-7-20-14-19(22)5-2-3-6-19/h4,9-11,13,20H,2-3,5-8,12,14H2,1H3. The van der Waals surface area contributed by atoms with E-state index in [0.717, 1.165) is 43.0 Å². The van der Waals surface area contributed by atoms with E-state index in [9.17, 15) is 4.79 Å². The molecule has 2 aromatic rings. The zero-order valence-corrected chi connectivity index (χ0v) is 15.1. The highest BCUT2D eigenvalue weighted by atomic mass is 32.1. The van der Waals surface area contributed by atoms with Crippen molar-refractivity contribution in [2.24, 2.45) is 7.05 Å². The van der Waals surface area contributed by atoms with E-state index in [1.54, 1.807) is 17.4 Å². The second-order valence-electron chi connectivity index (χ2n) is 7.20. The molecule has 5 heteroatoms. The van der Waals surface area contributed by atoms with Gasteiger partial charge in [-0.05, 0) is 24.3 Å². The number of pyridine rings is 1. The third kappa shape index (κ3) is 2.85. The summed E-state index contributed by atoms with van der Waals surface area (Å²) >= 11 is 1.66. The molecule has 1 aliphatic carbocycles. The molecule has 1 saturated carbocycles. The van der Waals surface area contributed by atoms with Crippen molar-refractivity contribution in [3.05, 3.63) is 44.9 Å². The van der Waals surface area contributed by atoms with Crippen LogP contribution in [0.1, 0.15) is 31.2 Å². The van der Waals surface area contributed by atoms with Gasteiger partial charge in [-0.1, -0.05) is 12.8 Å². The van der Waals surface area contributed by atoms with Crippen molar-refractivity contribution in [3.8, 4) is 11.3 Å². The summed E-state index contributed by atoms with van der Waals surface area (Å²) in [5, 5.41) is 7.71. The van der Waals surface area contributed by atoms with Crippen molar-refractivity contribution in [2.75, 3.05) is 19.6 Å². The van der Waals surface area contributed by atoms with Gasteiger partial charge in [0.05, 0.1) is 5.69 Å².